The highest BCUT2D eigenvalue weighted by atomic mass is 31.2. The van der Waals surface area contributed by atoms with Gasteiger partial charge < -0.3 is 44.3 Å². The van der Waals surface area contributed by atoms with Crippen LogP contribution in [-0.4, -0.2) is 117 Å². The van der Waals surface area contributed by atoms with Crippen LogP contribution in [0, 0.1) is 17.8 Å². The highest BCUT2D eigenvalue weighted by molar-refractivity contribution is 7.53. The molecule has 0 bridgehead atoms. The zero-order valence-electron chi connectivity index (χ0n) is 24.5. The standard InChI is InChI=1S/C26H36N9O9P/c1-41-13-26(45(38,39)40,14-42-12-20-31-33-34-32-20)43-11-18-21(36)22(37)25(44-18)35-24-17(10-27-35)23(28-16-4-2-3-5-16)29-19(30-24)9-8-15-6-7-15/h10,15-16,18,21-22,25,36-37H,2-7,11-14H2,1H3,(H,28,29,30)(H2,38,39,40)(H,31,32,33,34)/t18-,21-,22-,25+,26?/m1/s1. The molecule has 0 radical (unpaired) electrons. The Bertz CT molecular complexity index is 1560. The van der Waals surface area contributed by atoms with Crippen LogP contribution >= 0.6 is 7.60 Å². The molecule has 3 aromatic rings. The van der Waals surface area contributed by atoms with Gasteiger partial charge in [0.2, 0.25) is 11.2 Å². The van der Waals surface area contributed by atoms with E-state index in [9.17, 15) is 24.6 Å². The fourth-order valence-corrected chi connectivity index (χ4v) is 6.19. The summed E-state index contributed by atoms with van der Waals surface area (Å²) in [5.74, 6) is 7.60. The third-order valence-corrected chi connectivity index (χ3v) is 9.51. The van der Waals surface area contributed by atoms with Crippen LogP contribution in [-0.2, 0) is 30.1 Å². The lowest BCUT2D eigenvalue weighted by molar-refractivity contribution is -0.135. The van der Waals surface area contributed by atoms with Crippen molar-refractivity contribution < 1.29 is 43.5 Å². The number of fused-ring (bicyclic) bond motifs is 1. The Labute approximate surface area is 257 Å². The second kappa shape index (κ2) is 13.3. The van der Waals surface area contributed by atoms with Gasteiger partial charge in [-0.05, 0) is 31.6 Å². The van der Waals surface area contributed by atoms with E-state index in [0.717, 1.165) is 38.5 Å². The molecule has 18 nitrogen and oxygen atoms in total. The number of methoxy groups -OCH3 is 1. The first-order valence-corrected chi connectivity index (χ1v) is 16.3. The SMILES string of the molecule is COCC(COCc1nn[nH]n1)(OC[C@H]1O[C@H](n2ncc3c(NC4CCCC4)nc(C#CC4CC4)nc32)[C@H](O)[C@@H]1O)P(=O)(O)O. The minimum atomic E-state index is -5.04. The summed E-state index contributed by atoms with van der Waals surface area (Å²) in [5.41, 5.74) is 0.349. The molecule has 2 aliphatic carbocycles. The molecule has 6 N–H and O–H groups in total. The van der Waals surface area contributed by atoms with Gasteiger partial charge in [0.05, 0.1) is 31.4 Å². The van der Waals surface area contributed by atoms with Crippen molar-refractivity contribution >= 4 is 24.4 Å². The molecule has 2 saturated carbocycles. The molecule has 45 heavy (non-hydrogen) atoms. The van der Waals surface area contributed by atoms with Crippen molar-refractivity contribution in [2.75, 3.05) is 32.2 Å². The number of hydrogen-bond acceptors (Lipinski definition) is 14. The van der Waals surface area contributed by atoms with Gasteiger partial charge in [-0.3, -0.25) is 4.57 Å². The molecular formula is C26H36N9O9P. The first-order valence-electron chi connectivity index (χ1n) is 14.7. The van der Waals surface area contributed by atoms with Crippen LogP contribution in [0.1, 0.15) is 56.4 Å². The third-order valence-electron chi connectivity index (χ3n) is 8.06. The van der Waals surface area contributed by atoms with Gasteiger partial charge in [-0.1, -0.05) is 24.0 Å². The molecule has 3 aliphatic rings. The van der Waals surface area contributed by atoms with Gasteiger partial charge in [0.25, 0.3) is 0 Å². The van der Waals surface area contributed by atoms with Crippen LogP contribution in [0.2, 0.25) is 0 Å². The average Bonchev–Trinajstić information content (AvgIpc) is 3.38. The van der Waals surface area contributed by atoms with E-state index in [1.54, 1.807) is 6.20 Å². The van der Waals surface area contributed by atoms with Gasteiger partial charge >= 0.3 is 7.60 Å². The summed E-state index contributed by atoms with van der Waals surface area (Å²) in [5, 5.41) is 41.4. The molecule has 6 rings (SSSR count). The number of H-pyrrole nitrogens is 1. The molecule has 0 aromatic carbocycles. The molecule has 1 saturated heterocycles. The lowest BCUT2D eigenvalue weighted by Crippen LogP contribution is -2.45. The van der Waals surface area contributed by atoms with Crippen molar-refractivity contribution in [3.8, 4) is 11.8 Å². The number of aromatic nitrogens is 8. The van der Waals surface area contributed by atoms with Crippen LogP contribution in [0.5, 0.6) is 0 Å². The minimum Gasteiger partial charge on any atom is -0.387 e. The van der Waals surface area contributed by atoms with Gasteiger partial charge in [0.15, 0.2) is 17.7 Å². The fraction of sp³-hybridized carbons (Fsp3) is 0.692. The minimum absolute atomic E-state index is 0.158. The van der Waals surface area contributed by atoms with E-state index in [1.807, 2.05) is 0 Å². The zero-order valence-corrected chi connectivity index (χ0v) is 25.4. The Balaban J connectivity index is 1.22. The van der Waals surface area contributed by atoms with Crippen molar-refractivity contribution in [2.45, 2.75) is 81.1 Å². The van der Waals surface area contributed by atoms with Gasteiger partial charge in [-0.15, -0.1) is 10.2 Å². The van der Waals surface area contributed by atoms with Crippen molar-refractivity contribution in [1.29, 1.82) is 0 Å². The normalized spacial score (nSPS) is 25.4. The number of aliphatic hydroxyl groups is 2. The maximum atomic E-state index is 12.6. The summed E-state index contributed by atoms with van der Waals surface area (Å²) in [4.78, 5) is 29.8. The molecule has 1 unspecified atom stereocenters. The number of tetrazole rings is 1. The summed E-state index contributed by atoms with van der Waals surface area (Å²) < 4.78 is 36.2. The molecule has 1 aliphatic heterocycles. The second-order valence-electron chi connectivity index (χ2n) is 11.5. The highest BCUT2D eigenvalue weighted by Gasteiger charge is 2.52. The van der Waals surface area contributed by atoms with Crippen LogP contribution in [0.3, 0.4) is 0 Å². The monoisotopic (exact) mass is 649 g/mol. The van der Waals surface area contributed by atoms with Crippen molar-refractivity contribution in [2.24, 2.45) is 5.92 Å². The quantitative estimate of drug-likeness (QED) is 0.104. The van der Waals surface area contributed by atoms with E-state index >= 15 is 0 Å². The number of anilines is 1. The molecule has 244 valence electrons. The van der Waals surface area contributed by atoms with E-state index in [2.05, 4.69) is 52.8 Å². The number of aliphatic hydroxyl groups excluding tert-OH is 2. The topological polar surface area (TPSA) is 245 Å². The van der Waals surface area contributed by atoms with Crippen molar-refractivity contribution in [1.82, 2.24) is 40.4 Å². The molecule has 5 atom stereocenters. The first kappa shape index (κ1) is 31.9. The van der Waals surface area contributed by atoms with E-state index in [1.165, 1.54) is 11.8 Å². The molecular weight excluding hydrogens is 613 g/mol. The maximum absolute atomic E-state index is 12.6. The number of rotatable bonds is 13. The lowest BCUT2D eigenvalue weighted by atomic mass is 10.1. The Morgan fingerprint density at radius 1 is 1.18 bits per heavy atom. The average molecular weight is 650 g/mol. The Kier molecular flexibility index (Phi) is 9.43. The van der Waals surface area contributed by atoms with Crippen LogP contribution in [0.4, 0.5) is 5.82 Å². The Morgan fingerprint density at radius 3 is 2.67 bits per heavy atom. The highest BCUT2D eigenvalue weighted by Crippen LogP contribution is 2.52. The van der Waals surface area contributed by atoms with Gasteiger partial charge in [0.1, 0.15) is 30.7 Å². The van der Waals surface area contributed by atoms with E-state index in [4.69, 9.17) is 18.9 Å². The summed E-state index contributed by atoms with van der Waals surface area (Å²) in [7, 11) is -3.79. The molecule has 3 fully saturated rings. The van der Waals surface area contributed by atoms with Gasteiger partial charge in [-0.2, -0.15) is 10.3 Å². The van der Waals surface area contributed by atoms with Crippen LogP contribution in [0.25, 0.3) is 11.0 Å². The molecule has 19 heteroatoms. The fourth-order valence-electron chi connectivity index (χ4n) is 5.39. The summed E-state index contributed by atoms with van der Waals surface area (Å²) >= 11 is 0. The van der Waals surface area contributed by atoms with Gasteiger partial charge in [0, 0.05) is 19.1 Å². The van der Waals surface area contributed by atoms with Crippen molar-refractivity contribution in [3.63, 3.8) is 0 Å². The Morgan fingerprint density at radius 2 is 1.98 bits per heavy atom. The van der Waals surface area contributed by atoms with E-state index in [0.29, 0.717) is 28.6 Å². The molecule has 0 spiro atoms. The number of ether oxygens (including phenoxy) is 4. The predicted molar refractivity (Wildman–Crippen MR) is 153 cm³/mol. The first-order chi connectivity index (χ1) is 21.7. The van der Waals surface area contributed by atoms with E-state index < -0.39 is 57.3 Å². The summed E-state index contributed by atoms with van der Waals surface area (Å²) in [6, 6.07) is 0.255. The second-order valence-corrected chi connectivity index (χ2v) is 13.4. The largest absolute Gasteiger partial charge is 0.387 e. The predicted octanol–water partition coefficient (Wildman–Crippen LogP) is -0.172. The smallest absolute Gasteiger partial charge is 0.361 e. The number of nitrogens with one attached hydrogen (secondary N) is 2. The number of nitrogens with zero attached hydrogens (tertiary/aromatic N) is 7. The molecule has 3 aromatic heterocycles. The van der Waals surface area contributed by atoms with Crippen LogP contribution < -0.4 is 5.32 Å². The molecule has 4 heterocycles. The van der Waals surface area contributed by atoms with Gasteiger partial charge in [-0.25, -0.2) is 14.6 Å². The number of aromatic amines is 1. The maximum Gasteiger partial charge on any atom is 0.361 e. The Hall–Kier alpha value is -3.11. The lowest BCUT2D eigenvalue weighted by Gasteiger charge is -2.34. The van der Waals surface area contributed by atoms with E-state index in [-0.39, 0.29) is 18.5 Å². The zero-order chi connectivity index (χ0) is 31.6. The number of hydrogen-bond donors (Lipinski definition) is 6. The summed E-state index contributed by atoms with van der Waals surface area (Å²) in [6.07, 6.45) is 2.54. The molecule has 0 amide bonds. The van der Waals surface area contributed by atoms with Crippen molar-refractivity contribution in [3.05, 3.63) is 17.8 Å². The third kappa shape index (κ3) is 7.02. The summed E-state index contributed by atoms with van der Waals surface area (Å²) in [6.45, 7) is -1.92. The van der Waals surface area contributed by atoms with Crippen LogP contribution in [0.15, 0.2) is 6.20 Å².